The van der Waals surface area contributed by atoms with E-state index in [0.29, 0.717) is 5.75 Å². The fraction of sp³-hybridized carbons (Fsp3) is 0. The monoisotopic (exact) mass is 189 g/mol. The van der Waals surface area contributed by atoms with Gasteiger partial charge in [0.2, 0.25) is 0 Å². The number of hydrogen-bond acceptors (Lipinski definition) is 4. The Hall–Kier alpha value is -2.10. The molecule has 14 heavy (non-hydrogen) atoms. The maximum Gasteiger partial charge on any atom is 0.365 e. The lowest BCUT2D eigenvalue weighted by molar-refractivity contribution is 0.0724. The van der Waals surface area contributed by atoms with Gasteiger partial charge < -0.3 is 9.26 Å². The molecule has 0 aliphatic rings. The smallest absolute Gasteiger partial charge is 0.365 e. The summed E-state index contributed by atoms with van der Waals surface area (Å²) in [5.41, 5.74) is 0.161. The Bertz CT molecular complexity index is 408. The van der Waals surface area contributed by atoms with Crippen molar-refractivity contribution >= 4 is 5.97 Å². The molecule has 0 fully saturated rings. The normalized spacial score (nSPS) is 9.71. The van der Waals surface area contributed by atoms with E-state index < -0.39 is 5.97 Å². The third-order valence-corrected chi connectivity index (χ3v) is 1.60. The van der Waals surface area contributed by atoms with Crippen LogP contribution in [0.15, 0.2) is 47.2 Å². The topological polar surface area (TPSA) is 52.3 Å². The van der Waals surface area contributed by atoms with Gasteiger partial charge in [-0.3, -0.25) is 0 Å². The third kappa shape index (κ3) is 1.80. The van der Waals surface area contributed by atoms with E-state index in [-0.39, 0.29) is 5.69 Å². The van der Waals surface area contributed by atoms with E-state index in [9.17, 15) is 4.79 Å². The zero-order valence-corrected chi connectivity index (χ0v) is 7.21. The lowest BCUT2D eigenvalue weighted by Crippen LogP contribution is -2.08. The standard InChI is InChI=1S/C10H7NO3/c12-10(9-6-7-13-11-9)14-8-4-2-1-3-5-8/h1-7H. The molecule has 2 aromatic rings. The molecule has 0 aliphatic heterocycles. The Morgan fingerprint density at radius 1 is 1.21 bits per heavy atom. The molecule has 1 aromatic heterocycles. The van der Waals surface area contributed by atoms with Gasteiger partial charge in [0.05, 0.1) is 0 Å². The van der Waals surface area contributed by atoms with Crippen LogP contribution in [-0.2, 0) is 0 Å². The van der Waals surface area contributed by atoms with Crippen LogP contribution in [0.1, 0.15) is 10.5 Å². The molecule has 0 radical (unpaired) electrons. The van der Waals surface area contributed by atoms with Crippen molar-refractivity contribution in [3.63, 3.8) is 0 Å². The number of benzene rings is 1. The first-order chi connectivity index (χ1) is 6.86. The molecule has 0 amide bonds. The van der Waals surface area contributed by atoms with Gasteiger partial charge in [-0.25, -0.2) is 4.79 Å². The van der Waals surface area contributed by atoms with Crippen LogP contribution in [0.2, 0.25) is 0 Å². The molecule has 4 heteroatoms. The summed E-state index contributed by atoms with van der Waals surface area (Å²) < 4.78 is 9.52. The number of rotatable bonds is 2. The molecule has 0 unspecified atom stereocenters. The second-order valence-corrected chi connectivity index (χ2v) is 2.59. The van der Waals surface area contributed by atoms with Crippen LogP contribution in [-0.4, -0.2) is 11.1 Å². The summed E-state index contributed by atoms with van der Waals surface area (Å²) in [6, 6.07) is 10.2. The minimum atomic E-state index is -0.523. The summed E-state index contributed by atoms with van der Waals surface area (Å²) in [5.74, 6) is -0.0366. The molecule has 0 N–H and O–H groups in total. The number of esters is 1. The highest BCUT2D eigenvalue weighted by Crippen LogP contribution is 2.10. The fourth-order valence-electron chi connectivity index (χ4n) is 0.966. The minimum absolute atomic E-state index is 0.161. The average Bonchev–Trinajstić information content (AvgIpc) is 2.72. The van der Waals surface area contributed by atoms with Crippen molar-refractivity contribution in [3.8, 4) is 5.75 Å². The Morgan fingerprint density at radius 2 is 2.00 bits per heavy atom. The van der Waals surface area contributed by atoms with Crippen molar-refractivity contribution in [2.75, 3.05) is 0 Å². The van der Waals surface area contributed by atoms with Gasteiger partial charge in [0.25, 0.3) is 0 Å². The van der Waals surface area contributed by atoms with Crippen molar-refractivity contribution in [2.24, 2.45) is 0 Å². The van der Waals surface area contributed by atoms with Crippen LogP contribution in [0.25, 0.3) is 0 Å². The number of hydrogen-bond donors (Lipinski definition) is 0. The summed E-state index contributed by atoms with van der Waals surface area (Å²) in [4.78, 5) is 11.3. The SMILES string of the molecule is O=C(Oc1ccccc1)c1ccon1. The van der Waals surface area contributed by atoms with Crippen LogP contribution in [0.5, 0.6) is 5.75 Å². The molecule has 0 bridgehead atoms. The van der Waals surface area contributed by atoms with Gasteiger partial charge >= 0.3 is 5.97 Å². The highest BCUT2D eigenvalue weighted by Gasteiger charge is 2.10. The lowest BCUT2D eigenvalue weighted by atomic mass is 10.3. The predicted octanol–water partition coefficient (Wildman–Crippen LogP) is 1.89. The first kappa shape index (κ1) is 8.50. The van der Waals surface area contributed by atoms with Gasteiger partial charge in [-0.1, -0.05) is 23.4 Å². The van der Waals surface area contributed by atoms with Crippen molar-refractivity contribution in [1.29, 1.82) is 0 Å². The molecule has 2 rings (SSSR count). The zero-order valence-electron chi connectivity index (χ0n) is 7.21. The lowest BCUT2D eigenvalue weighted by Gasteiger charge is -1.99. The van der Waals surface area contributed by atoms with Gasteiger partial charge in [-0.15, -0.1) is 0 Å². The van der Waals surface area contributed by atoms with E-state index in [1.54, 1.807) is 24.3 Å². The van der Waals surface area contributed by atoms with Gasteiger partial charge in [-0.05, 0) is 12.1 Å². The summed E-state index contributed by atoms with van der Waals surface area (Å²) in [6.45, 7) is 0. The number of nitrogens with zero attached hydrogens (tertiary/aromatic N) is 1. The first-order valence-corrected chi connectivity index (χ1v) is 4.04. The Kier molecular flexibility index (Phi) is 2.27. The Labute approximate surface area is 80.1 Å². The number of aromatic nitrogens is 1. The maximum absolute atomic E-state index is 11.3. The minimum Gasteiger partial charge on any atom is -0.422 e. The van der Waals surface area contributed by atoms with Crippen molar-refractivity contribution in [3.05, 3.63) is 48.4 Å². The predicted molar refractivity (Wildman–Crippen MR) is 47.9 cm³/mol. The van der Waals surface area contributed by atoms with Crippen molar-refractivity contribution in [1.82, 2.24) is 5.16 Å². The second-order valence-electron chi connectivity index (χ2n) is 2.59. The van der Waals surface area contributed by atoms with Crippen LogP contribution in [0, 0.1) is 0 Å². The molecule has 4 nitrogen and oxygen atoms in total. The molecule has 0 atom stereocenters. The number of para-hydroxylation sites is 1. The van der Waals surface area contributed by atoms with Crippen molar-refractivity contribution in [2.45, 2.75) is 0 Å². The fourth-order valence-corrected chi connectivity index (χ4v) is 0.966. The summed E-state index contributed by atoms with van der Waals surface area (Å²) >= 11 is 0. The molecule has 0 saturated heterocycles. The van der Waals surface area contributed by atoms with Crippen LogP contribution in [0.3, 0.4) is 0 Å². The molecule has 0 aliphatic carbocycles. The largest absolute Gasteiger partial charge is 0.422 e. The van der Waals surface area contributed by atoms with Gasteiger partial charge in [0.15, 0.2) is 5.69 Å². The number of carbonyl (C=O) groups is 1. The number of ether oxygens (including phenoxy) is 1. The van der Waals surface area contributed by atoms with Crippen LogP contribution in [0.4, 0.5) is 0 Å². The van der Waals surface area contributed by atoms with E-state index in [1.165, 1.54) is 12.3 Å². The second kappa shape index (κ2) is 3.74. The zero-order chi connectivity index (χ0) is 9.80. The molecule has 1 aromatic carbocycles. The quantitative estimate of drug-likeness (QED) is 0.534. The summed E-state index contributed by atoms with van der Waals surface area (Å²) in [6.07, 6.45) is 1.32. The first-order valence-electron chi connectivity index (χ1n) is 4.04. The van der Waals surface area contributed by atoms with Crippen LogP contribution >= 0.6 is 0 Å². The third-order valence-electron chi connectivity index (χ3n) is 1.60. The Morgan fingerprint density at radius 3 is 2.64 bits per heavy atom. The van der Waals surface area contributed by atoms with Gasteiger partial charge in [0, 0.05) is 6.07 Å². The summed E-state index contributed by atoms with van der Waals surface area (Å²) in [7, 11) is 0. The van der Waals surface area contributed by atoms with E-state index in [4.69, 9.17) is 4.74 Å². The maximum atomic E-state index is 11.3. The Balaban J connectivity index is 2.10. The molecule has 0 saturated carbocycles. The molecule has 1 heterocycles. The highest BCUT2D eigenvalue weighted by molar-refractivity contribution is 5.88. The van der Waals surface area contributed by atoms with Crippen LogP contribution < -0.4 is 4.74 Å². The van der Waals surface area contributed by atoms with Gasteiger partial charge in [0.1, 0.15) is 12.0 Å². The molecular weight excluding hydrogens is 182 g/mol. The number of carbonyl (C=O) groups excluding carboxylic acids is 1. The van der Waals surface area contributed by atoms with Crippen molar-refractivity contribution < 1.29 is 14.1 Å². The average molecular weight is 189 g/mol. The van der Waals surface area contributed by atoms with E-state index in [0.717, 1.165) is 0 Å². The summed E-state index contributed by atoms with van der Waals surface area (Å²) in [5, 5.41) is 3.46. The highest BCUT2D eigenvalue weighted by atomic mass is 16.5. The molecule has 70 valence electrons. The molecule has 0 spiro atoms. The van der Waals surface area contributed by atoms with E-state index >= 15 is 0 Å². The molecular formula is C10H7NO3. The van der Waals surface area contributed by atoms with E-state index in [1.807, 2.05) is 6.07 Å². The van der Waals surface area contributed by atoms with E-state index in [2.05, 4.69) is 9.68 Å². The van der Waals surface area contributed by atoms with Gasteiger partial charge in [-0.2, -0.15) is 0 Å².